The molecular formula is C14H19N. The van der Waals surface area contributed by atoms with Gasteiger partial charge >= 0.3 is 0 Å². The van der Waals surface area contributed by atoms with Crippen LogP contribution in [0, 0.1) is 0 Å². The van der Waals surface area contributed by atoms with Crippen LogP contribution in [0.4, 0.5) is 0 Å². The van der Waals surface area contributed by atoms with Crippen LogP contribution < -0.4 is 0 Å². The standard InChI is InChI=1S/C14H19N/c1-3-12-9-10-15(2)11-14(12)13-7-5-4-6-8-13/h4-8H,3,9-11H2,1-2H3. The first-order chi connectivity index (χ1) is 7.31. The first kappa shape index (κ1) is 10.4. The molecule has 0 unspecified atom stereocenters. The maximum absolute atomic E-state index is 2.40. The lowest BCUT2D eigenvalue weighted by Crippen LogP contribution is -2.27. The highest BCUT2D eigenvalue weighted by molar-refractivity contribution is 5.70. The van der Waals surface area contributed by atoms with Crippen molar-refractivity contribution < 1.29 is 0 Å². The second kappa shape index (κ2) is 4.63. The molecule has 80 valence electrons. The molecule has 1 nitrogen and oxygen atoms in total. The quantitative estimate of drug-likeness (QED) is 0.710. The predicted molar refractivity (Wildman–Crippen MR) is 65.8 cm³/mol. The normalized spacial score (nSPS) is 18.3. The highest BCUT2D eigenvalue weighted by Crippen LogP contribution is 2.27. The van der Waals surface area contributed by atoms with Gasteiger partial charge in [-0.3, -0.25) is 0 Å². The zero-order valence-corrected chi connectivity index (χ0v) is 9.66. The van der Waals surface area contributed by atoms with Gasteiger partial charge in [-0.05, 0) is 31.0 Å². The van der Waals surface area contributed by atoms with Crippen LogP contribution in [0.1, 0.15) is 25.3 Å². The minimum Gasteiger partial charge on any atom is -0.302 e. The van der Waals surface area contributed by atoms with Crippen molar-refractivity contribution in [3.63, 3.8) is 0 Å². The lowest BCUT2D eigenvalue weighted by molar-refractivity contribution is 0.364. The molecule has 1 aromatic rings. The minimum atomic E-state index is 1.10. The lowest BCUT2D eigenvalue weighted by atomic mass is 9.93. The maximum Gasteiger partial charge on any atom is 0.0236 e. The second-order valence-corrected chi connectivity index (χ2v) is 4.29. The van der Waals surface area contributed by atoms with Crippen molar-refractivity contribution >= 4 is 5.57 Å². The Morgan fingerprint density at radius 3 is 2.60 bits per heavy atom. The van der Waals surface area contributed by atoms with Crippen molar-refractivity contribution in [1.29, 1.82) is 0 Å². The summed E-state index contributed by atoms with van der Waals surface area (Å²) >= 11 is 0. The number of nitrogens with zero attached hydrogens (tertiary/aromatic N) is 1. The topological polar surface area (TPSA) is 3.24 Å². The molecule has 0 radical (unpaired) electrons. The number of rotatable bonds is 2. The Bertz CT molecular complexity index is 351. The molecule has 0 bridgehead atoms. The molecular weight excluding hydrogens is 182 g/mol. The average molecular weight is 201 g/mol. The fourth-order valence-corrected chi connectivity index (χ4v) is 2.26. The number of hydrogen-bond donors (Lipinski definition) is 0. The number of hydrogen-bond acceptors (Lipinski definition) is 1. The van der Waals surface area contributed by atoms with Crippen molar-refractivity contribution in [1.82, 2.24) is 4.90 Å². The van der Waals surface area contributed by atoms with Gasteiger partial charge in [-0.2, -0.15) is 0 Å². The van der Waals surface area contributed by atoms with E-state index in [4.69, 9.17) is 0 Å². The number of likely N-dealkylation sites (N-methyl/N-ethyl adjacent to an activating group) is 1. The van der Waals surface area contributed by atoms with Crippen molar-refractivity contribution in [2.45, 2.75) is 19.8 Å². The molecule has 1 heteroatoms. The summed E-state index contributed by atoms with van der Waals surface area (Å²) in [7, 11) is 2.20. The summed E-state index contributed by atoms with van der Waals surface area (Å²) < 4.78 is 0. The lowest BCUT2D eigenvalue weighted by Gasteiger charge is -2.27. The monoisotopic (exact) mass is 201 g/mol. The third kappa shape index (κ3) is 2.29. The second-order valence-electron chi connectivity index (χ2n) is 4.29. The molecule has 0 aliphatic carbocycles. The average Bonchev–Trinajstić information content (AvgIpc) is 2.30. The zero-order chi connectivity index (χ0) is 10.7. The van der Waals surface area contributed by atoms with E-state index in [2.05, 4.69) is 49.2 Å². The third-order valence-electron chi connectivity index (χ3n) is 3.20. The first-order valence-corrected chi connectivity index (χ1v) is 5.76. The summed E-state index contributed by atoms with van der Waals surface area (Å²) in [6.07, 6.45) is 2.43. The van der Waals surface area contributed by atoms with Crippen molar-refractivity contribution in [2.24, 2.45) is 0 Å². The Morgan fingerprint density at radius 1 is 1.20 bits per heavy atom. The first-order valence-electron chi connectivity index (χ1n) is 5.76. The summed E-state index contributed by atoms with van der Waals surface area (Å²) in [5, 5.41) is 0. The van der Waals surface area contributed by atoms with Gasteiger partial charge in [0.25, 0.3) is 0 Å². The molecule has 2 rings (SSSR count). The van der Waals surface area contributed by atoms with Crippen molar-refractivity contribution in [3.05, 3.63) is 41.5 Å². The van der Waals surface area contributed by atoms with Gasteiger partial charge in [0.1, 0.15) is 0 Å². The van der Waals surface area contributed by atoms with E-state index < -0.39 is 0 Å². The van der Waals surface area contributed by atoms with E-state index in [9.17, 15) is 0 Å². The third-order valence-corrected chi connectivity index (χ3v) is 3.20. The van der Waals surface area contributed by atoms with Crippen LogP contribution in [0.15, 0.2) is 35.9 Å². The van der Waals surface area contributed by atoms with Gasteiger partial charge in [0.2, 0.25) is 0 Å². The van der Waals surface area contributed by atoms with E-state index in [-0.39, 0.29) is 0 Å². The van der Waals surface area contributed by atoms with E-state index in [0.717, 1.165) is 6.54 Å². The van der Waals surface area contributed by atoms with Crippen LogP contribution >= 0.6 is 0 Å². The highest BCUT2D eigenvalue weighted by Gasteiger charge is 2.15. The Morgan fingerprint density at radius 2 is 1.93 bits per heavy atom. The van der Waals surface area contributed by atoms with E-state index in [1.807, 2.05) is 0 Å². The maximum atomic E-state index is 2.40. The minimum absolute atomic E-state index is 1.10. The van der Waals surface area contributed by atoms with Crippen molar-refractivity contribution in [3.8, 4) is 0 Å². The van der Waals surface area contributed by atoms with Crippen LogP contribution in [0.2, 0.25) is 0 Å². The van der Waals surface area contributed by atoms with E-state index in [1.54, 1.807) is 11.1 Å². The summed E-state index contributed by atoms with van der Waals surface area (Å²) in [6, 6.07) is 10.8. The molecule has 0 saturated heterocycles. The molecule has 1 aliphatic rings. The number of benzene rings is 1. The molecule has 0 amide bonds. The van der Waals surface area contributed by atoms with Gasteiger partial charge in [0.05, 0.1) is 0 Å². The summed E-state index contributed by atoms with van der Waals surface area (Å²) in [4.78, 5) is 2.40. The molecule has 0 saturated carbocycles. The Kier molecular flexibility index (Phi) is 3.22. The fourth-order valence-electron chi connectivity index (χ4n) is 2.26. The molecule has 1 heterocycles. The van der Waals surface area contributed by atoms with Gasteiger partial charge in [-0.15, -0.1) is 0 Å². The summed E-state index contributed by atoms with van der Waals surface area (Å²) in [5.74, 6) is 0. The van der Waals surface area contributed by atoms with E-state index in [0.29, 0.717) is 0 Å². The van der Waals surface area contributed by atoms with Gasteiger partial charge in [0, 0.05) is 13.1 Å². The van der Waals surface area contributed by atoms with Gasteiger partial charge in [-0.1, -0.05) is 42.8 Å². The van der Waals surface area contributed by atoms with Crippen LogP contribution in [0.5, 0.6) is 0 Å². The molecule has 0 atom stereocenters. The van der Waals surface area contributed by atoms with Crippen molar-refractivity contribution in [2.75, 3.05) is 20.1 Å². The summed E-state index contributed by atoms with van der Waals surface area (Å²) in [5.41, 5.74) is 4.59. The largest absolute Gasteiger partial charge is 0.302 e. The highest BCUT2D eigenvalue weighted by atomic mass is 15.1. The van der Waals surface area contributed by atoms with Gasteiger partial charge in [0.15, 0.2) is 0 Å². The molecule has 0 fully saturated rings. The molecule has 0 aromatic heterocycles. The van der Waals surface area contributed by atoms with Gasteiger partial charge < -0.3 is 4.90 Å². The Hall–Kier alpha value is -1.08. The smallest absolute Gasteiger partial charge is 0.0236 e. The summed E-state index contributed by atoms with van der Waals surface area (Å²) in [6.45, 7) is 4.58. The molecule has 0 N–H and O–H groups in total. The van der Waals surface area contributed by atoms with Crippen LogP contribution in [0.3, 0.4) is 0 Å². The van der Waals surface area contributed by atoms with E-state index in [1.165, 1.54) is 24.9 Å². The molecule has 1 aliphatic heterocycles. The fraction of sp³-hybridized carbons (Fsp3) is 0.429. The Balaban J connectivity index is 2.35. The molecule has 15 heavy (non-hydrogen) atoms. The SMILES string of the molecule is CCC1=C(c2ccccc2)CN(C)CC1. The van der Waals surface area contributed by atoms with Crippen LogP contribution in [-0.4, -0.2) is 25.0 Å². The van der Waals surface area contributed by atoms with Crippen LogP contribution in [-0.2, 0) is 0 Å². The zero-order valence-electron chi connectivity index (χ0n) is 9.66. The Labute approximate surface area is 92.4 Å². The van der Waals surface area contributed by atoms with Gasteiger partial charge in [-0.25, -0.2) is 0 Å². The molecule has 1 aromatic carbocycles. The molecule has 0 spiro atoms. The van der Waals surface area contributed by atoms with E-state index >= 15 is 0 Å². The van der Waals surface area contributed by atoms with Crippen LogP contribution in [0.25, 0.3) is 5.57 Å². The predicted octanol–water partition coefficient (Wildman–Crippen LogP) is 3.19.